The van der Waals surface area contributed by atoms with E-state index in [0.29, 0.717) is 5.92 Å². The molecule has 0 bridgehead atoms. The number of allylic oxidation sites excluding steroid dienone is 2. The van der Waals surface area contributed by atoms with Crippen LogP contribution in [-0.4, -0.2) is 4.98 Å². The summed E-state index contributed by atoms with van der Waals surface area (Å²) in [7, 11) is 0. The summed E-state index contributed by atoms with van der Waals surface area (Å²) < 4.78 is 0. The Kier molecular flexibility index (Phi) is 3.69. The van der Waals surface area contributed by atoms with Gasteiger partial charge in [0.1, 0.15) is 0 Å². The normalized spacial score (nSPS) is 14.2. The Morgan fingerprint density at radius 2 is 2.08 bits per heavy atom. The lowest BCUT2D eigenvalue weighted by Crippen LogP contribution is -1.88. The van der Waals surface area contributed by atoms with Crippen LogP contribution < -0.4 is 0 Å². The molecule has 70 valence electrons. The molecule has 0 aromatic carbocycles. The quantitative estimate of drug-likeness (QED) is 0.684. The molecule has 0 saturated carbocycles. The van der Waals surface area contributed by atoms with Gasteiger partial charge in [-0.2, -0.15) is 0 Å². The average Bonchev–Trinajstić information content (AvgIpc) is 2.19. The van der Waals surface area contributed by atoms with Crippen LogP contribution in [0.4, 0.5) is 0 Å². The van der Waals surface area contributed by atoms with Crippen LogP contribution in [0.3, 0.4) is 0 Å². The molecule has 1 aromatic rings. The van der Waals surface area contributed by atoms with Gasteiger partial charge in [0.05, 0.1) is 0 Å². The van der Waals surface area contributed by atoms with E-state index >= 15 is 0 Å². The minimum Gasteiger partial charge on any atom is -0.265 e. The predicted molar refractivity (Wildman–Crippen MR) is 57.3 cm³/mol. The van der Waals surface area contributed by atoms with Crippen LogP contribution in [0.5, 0.6) is 0 Å². The molecule has 13 heavy (non-hydrogen) atoms. The maximum atomic E-state index is 4.00. The number of nitrogens with zero attached hydrogens (tertiary/aromatic N) is 1. The van der Waals surface area contributed by atoms with E-state index in [2.05, 4.69) is 31.8 Å². The number of hydrogen-bond donors (Lipinski definition) is 0. The van der Waals surface area contributed by atoms with Gasteiger partial charge in [0.2, 0.25) is 0 Å². The Balaban J connectivity index is 2.79. The highest BCUT2D eigenvalue weighted by molar-refractivity contribution is 5.63. The van der Waals surface area contributed by atoms with Gasteiger partial charge in [-0.25, -0.2) is 0 Å². The number of hydrogen-bond acceptors (Lipinski definition) is 1. The van der Waals surface area contributed by atoms with Crippen LogP contribution in [0.25, 0.3) is 5.57 Å². The third kappa shape index (κ3) is 3.02. The first-order valence-corrected chi connectivity index (χ1v) is 4.83. The van der Waals surface area contributed by atoms with Gasteiger partial charge >= 0.3 is 0 Å². The average molecular weight is 175 g/mol. The lowest BCUT2D eigenvalue weighted by atomic mass is 10.0. The Morgan fingerprint density at radius 3 is 2.62 bits per heavy atom. The van der Waals surface area contributed by atoms with Crippen molar-refractivity contribution in [2.45, 2.75) is 27.2 Å². The lowest BCUT2D eigenvalue weighted by Gasteiger charge is -2.05. The lowest BCUT2D eigenvalue weighted by molar-refractivity contribution is 0.699. The molecule has 0 aliphatic rings. The van der Waals surface area contributed by atoms with Crippen molar-refractivity contribution < 1.29 is 0 Å². The van der Waals surface area contributed by atoms with Crippen LogP contribution >= 0.6 is 0 Å². The third-order valence-electron chi connectivity index (χ3n) is 2.31. The van der Waals surface area contributed by atoms with Crippen LogP contribution in [0.1, 0.15) is 32.8 Å². The van der Waals surface area contributed by atoms with Crippen LogP contribution in [0.15, 0.2) is 30.6 Å². The molecule has 1 nitrogen and oxygen atoms in total. The summed E-state index contributed by atoms with van der Waals surface area (Å²) in [6, 6.07) is 4.10. The minimum atomic E-state index is 0.660. The van der Waals surface area contributed by atoms with Gasteiger partial charge in [-0.15, -0.1) is 0 Å². The fourth-order valence-electron chi connectivity index (χ4n) is 1.26. The Bertz CT molecular complexity index is 274. The molecule has 0 aliphatic carbocycles. The fraction of sp³-hybridized carbons (Fsp3) is 0.417. The maximum Gasteiger partial charge on any atom is 0.0273 e. The molecule has 0 aliphatic heterocycles. The molecule has 1 unspecified atom stereocenters. The number of pyridine rings is 1. The molecule has 0 saturated heterocycles. The summed E-state index contributed by atoms with van der Waals surface area (Å²) in [5.41, 5.74) is 2.62. The van der Waals surface area contributed by atoms with Gasteiger partial charge in [0, 0.05) is 12.4 Å². The first kappa shape index (κ1) is 9.97. The zero-order valence-electron chi connectivity index (χ0n) is 8.62. The van der Waals surface area contributed by atoms with Gasteiger partial charge < -0.3 is 0 Å². The molecular weight excluding hydrogens is 158 g/mol. The molecule has 1 heterocycles. The molecular formula is C12H17N. The van der Waals surface area contributed by atoms with E-state index in [0.717, 1.165) is 0 Å². The number of rotatable bonds is 3. The molecule has 1 heteroatoms. The van der Waals surface area contributed by atoms with Crippen molar-refractivity contribution in [3.05, 3.63) is 36.2 Å². The molecule has 1 rings (SSSR count). The summed E-state index contributed by atoms with van der Waals surface area (Å²) >= 11 is 0. The molecule has 1 atom stereocenters. The maximum absolute atomic E-state index is 4.00. The molecule has 0 fully saturated rings. The SMILES string of the molecule is CCC(C)C=C(C)c1ccncc1. The van der Waals surface area contributed by atoms with Crippen molar-refractivity contribution in [2.75, 3.05) is 0 Å². The van der Waals surface area contributed by atoms with Crippen LogP contribution in [-0.2, 0) is 0 Å². The summed E-state index contributed by atoms with van der Waals surface area (Å²) in [4.78, 5) is 4.00. The highest BCUT2D eigenvalue weighted by Gasteiger charge is 1.97. The van der Waals surface area contributed by atoms with Crippen molar-refractivity contribution in [3.63, 3.8) is 0 Å². The third-order valence-corrected chi connectivity index (χ3v) is 2.31. The smallest absolute Gasteiger partial charge is 0.0273 e. The van der Waals surface area contributed by atoms with Crippen molar-refractivity contribution in [1.82, 2.24) is 4.98 Å². The van der Waals surface area contributed by atoms with Gasteiger partial charge in [0.15, 0.2) is 0 Å². The number of aromatic nitrogens is 1. The van der Waals surface area contributed by atoms with E-state index in [9.17, 15) is 0 Å². The van der Waals surface area contributed by atoms with E-state index < -0.39 is 0 Å². The van der Waals surface area contributed by atoms with Gasteiger partial charge in [-0.3, -0.25) is 4.98 Å². The second-order valence-electron chi connectivity index (χ2n) is 3.47. The largest absolute Gasteiger partial charge is 0.265 e. The van der Waals surface area contributed by atoms with Gasteiger partial charge in [0.25, 0.3) is 0 Å². The van der Waals surface area contributed by atoms with Crippen molar-refractivity contribution in [2.24, 2.45) is 5.92 Å². The standard InChI is InChI=1S/C12H17N/c1-4-10(2)9-11(3)12-5-7-13-8-6-12/h5-10H,4H2,1-3H3. The van der Waals surface area contributed by atoms with Crippen LogP contribution in [0.2, 0.25) is 0 Å². The van der Waals surface area contributed by atoms with E-state index in [1.165, 1.54) is 17.6 Å². The van der Waals surface area contributed by atoms with Crippen LogP contribution in [0, 0.1) is 5.92 Å². The van der Waals surface area contributed by atoms with Crippen molar-refractivity contribution in [1.29, 1.82) is 0 Å². The van der Waals surface area contributed by atoms with Crippen molar-refractivity contribution in [3.8, 4) is 0 Å². The minimum absolute atomic E-state index is 0.660. The molecule has 0 amide bonds. The van der Waals surface area contributed by atoms with Gasteiger partial charge in [-0.05, 0) is 36.1 Å². The highest BCUT2D eigenvalue weighted by atomic mass is 14.6. The molecule has 0 spiro atoms. The fourth-order valence-corrected chi connectivity index (χ4v) is 1.26. The summed E-state index contributed by atoms with van der Waals surface area (Å²) in [6.07, 6.45) is 7.18. The predicted octanol–water partition coefficient (Wildman–Crippen LogP) is 3.53. The highest BCUT2D eigenvalue weighted by Crippen LogP contribution is 2.16. The zero-order valence-corrected chi connectivity index (χ0v) is 8.62. The van der Waals surface area contributed by atoms with E-state index in [1.807, 2.05) is 24.5 Å². The Hall–Kier alpha value is -1.11. The first-order chi connectivity index (χ1) is 6.24. The van der Waals surface area contributed by atoms with Gasteiger partial charge in [-0.1, -0.05) is 26.3 Å². The molecule has 0 radical (unpaired) electrons. The summed E-state index contributed by atoms with van der Waals surface area (Å²) in [6.45, 7) is 6.60. The van der Waals surface area contributed by atoms with Crippen molar-refractivity contribution >= 4 is 5.57 Å². The summed E-state index contributed by atoms with van der Waals surface area (Å²) in [5, 5.41) is 0. The second-order valence-corrected chi connectivity index (χ2v) is 3.47. The summed E-state index contributed by atoms with van der Waals surface area (Å²) in [5.74, 6) is 0.660. The van der Waals surface area contributed by atoms with E-state index in [1.54, 1.807) is 0 Å². The zero-order chi connectivity index (χ0) is 9.68. The van der Waals surface area contributed by atoms with E-state index in [-0.39, 0.29) is 0 Å². The molecule has 0 N–H and O–H groups in total. The topological polar surface area (TPSA) is 12.9 Å². The monoisotopic (exact) mass is 175 g/mol. The first-order valence-electron chi connectivity index (χ1n) is 4.83. The molecule has 1 aromatic heterocycles. The second kappa shape index (κ2) is 4.80. The van der Waals surface area contributed by atoms with E-state index in [4.69, 9.17) is 0 Å². The Labute approximate surface area is 80.5 Å². The Morgan fingerprint density at radius 1 is 1.46 bits per heavy atom.